The van der Waals surface area contributed by atoms with Gasteiger partial charge in [0.2, 0.25) is 5.91 Å². The second kappa shape index (κ2) is 7.96. The number of para-hydroxylation sites is 2. The second-order valence-electron chi connectivity index (χ2n) is 5.91. The molecule has 1 aromatic carbocycles. The summed E-state index contributed by atoms with van der Waals surface area (Å²) in [5.74, 6) is 0.0610. The van der Waals surface area contributed by atoms with Crippen LogP contribution in [0.1, 0.15) is 19.8 Å². The van der Waals surface area contributed by atoms with Gasteiger partial charge < -0.3 is 10.1 Å². The van der Waals surface area contributed by atoms with Crippen LogP contribution >= 0.6 is 0 Å². The molecule has 0 spiro atoms. The van der Waals surface area contributed by atoms with Crippen LogP contribution in [0.15, 0.2) is 24.3 Å². The molecular formula is C16H25N3O4S. The van der Waals surface area contributed by atoms with Gasteiger partial charge in [-0.15, -0.1) is 0 Å². The topological polar surface area (TPSA) is 79.0 Å². The average molecular weight is 355 g/mol. The van der Waals surface area contributed by atoms with Gasteiger partial charge in [0.15, 0.2) is 0 Å². The van der Waals surface area contributed by atoms with Crippen LogP contribution < -0.4 is 10.1 Å². The second-order valence-corrected chi connectivity index (χ2v) is 8.05. The molecule has 0 aliphatic carbocycles. The van der Waals surface area contributed by atoms with Gasteiger partial charge in [0, 0.05) is 27.2 Å². The fourth-order valence-electron chi connectivity index (χ4n) is 2.68. The molecule has 0 radical (unpaired) electrons. The summed E-state index contributed by atoms with van der Waals surface area (Å²) >= 11 is 0. The molecule has 0 unspecified atom stereocenters. The third-order valence-electron chi connectivity index (χ3n) is 3.99. The van der Waals surface area contributed by atoms with Crippen LogP contribution in [0, 0.1) is 5.92 Å². The van der Waals surface area contributed by atoms with Crippen LogP contribution in [0.4, 0.5) is 5.69 Å². The first kappa shape index (κ1) is 18.7. The largest absolute Gasteiger partial charge is 0.492 e. The first-order valence-corrected chi connectivity index (χ1v) is 9.46. The number of carbonyl (C=O) groups excluding carboxylic acids is 1. The molecule has 0 aromatic heterocycles. The molecule has 1 aliphatic rings. The van der Waals surface area contributed by atoms with E-state index in [2.05, 4.69) is 5.32 Å². The van der Waals surface area contributed by atoms with E-state index in [1.807, 2.05) is 19.1 Å². The predicted molar refractivity (Wildman–Crippen MR) is 93.1 cm³/mol. The summed E-state index contributed by atoms with van der Waals surface area (Å²) in [6.45, 7) is 3.03. The highest BCUT2D eigenvalue weighted by molar-refractivity contribution is 7.86. The lowest BCUT2D eigenvalue weighted by atomic mass is 9.98. The van der Waals surface area contributed by atoms with Crippen molar-refractivity contribution >= 4 is 21.8 Å². The summed E-state index contributed by atoms with van der Waals surface area (Å²) in [4.78, 5) is 12.6. The summed E-state index contributed by atoms with van der Waals surface area (Å²) in [6, 6.07) is 7.23. The van der Waals surface area contributed by atoms with Gasteiger partial charge in [-0.25, -0.2) is 0 Å². The maximum atomic E-state index is 12.6. The monoisotopic (exact) mass is 355 g/mol. The van der Waals surface area contributed by atoms with E-state index in [9.17, 15) is 13.2 Å². The lowest BCUT2D eigenvalue weighted by molar-refractivity contribution is -0.120. The third kappa shape index (κ3) is 4.25. The highest BCUT2D eigenvalue weighted by Crippen LogP contribution is 2.26. The van der Waals surface area contributed by atoms with Crippen molar-refractivity contribution in [2.45, 2.75) is 19.8 Å². The number of ether oxygens (including phenoxy) is 1. The number of piperidine rings is 1. The van der Waals surface area contributed by atoms with Crippen molar-refractivity contribution in [1.29, 1.82) is 0 Å². The van der Waals surface area contributed by atoms with Gasteiger partial charge in [-0.3, -0.25) is 4.79 Å². The number of nitrogens with zero attached hydrogens (tertiary/aromatic N) is 2. The summed E-state index contributed by atoms with van der Waals surface area (Å²) in [6.07, 6.45) is 1.33. The van der Waals surface area contributed by atoms with Gasteiger partial charge in [-0.1, -0.05) is 12.1 Å². The average Bonchev–Trinajstić information content (AvgIpc) is 2.57. The summed E-state index contributed by atoms with van der Waals surface area (Å²) in [5, 5.41) is 2.87. The van der Waals surface area contributed by atoms with E-state index in [0.717, 1.165) is 0 Å². The molecule has 1 heterocycles. The van der Waals surface area contributed by atoms with E-state index in [0.29, 0.717) is 37.4 Å². The van der Waals surface area contributed by atoms with Crippen molar-refractivity contribution in [3.8, 4) is 5.75 Å². The number of carbonyl (C=O) groups is 1. The third-order valence-corrected chi connectivity index (χ3v) is 5.89. The van der Waals surface area contributed by atoms with E-state index < -0.39 is 10.2 Å². The van der Waals surface area contributed by atoms with Gasteiger partial charge in [-0.2, -0.15) is 17.0 Å². The zero-order chi connectivity index (χ0) is 17.7. The molecule has 24 heavy (non-hydrogen) atoms. The van der Waals surface area contributed by atoms with E-state index in [1.54, 1.807) is 12.1 Å². The standard InChI is InChI=1S/C16H25N3O4S/c1-4-23-15-10-6-5-9-14(15)17-16(20)13-8-7-11-19(12-13)24(21,22)18(2)3/h5-6,9-10,13H,4,7-8,11-12H2,1-3H3,(H,17,20)/t13-/m0/s1. The first-order valence-electron chi connectivity index (χ1n) is 8.06. The molecule has 1 amide bonds. The number of nitrogens with one attached hydrogen (secondary N) is 1. The molecule has 2 rings (SSSR count). The Hall–Kier alpha value is -1.64. The fraction of sp³-hybridized carbons (Fsp3) is 0.562. The van der Waals surface area contributed by atoms with E-state index in [1.165, 1.54) is 22.7 Å². The Labute approximate surface area is 143 Å². The molecule has 1 aliphatic heterocycles. The summed E-state index contributed by atoms with van der Waals surface area (Å²) in [7, 11) is -0.499. The Bertz CT molecular complexity index is 676. The van der Waals surface area contributed by atoms with Gasteiger partial charge in [0.25, 0.3) is 10.2 Å². The minimum absolute atomic E-state index is 0.180. The lowest BCUT2D eigenvalue weighted by Gasteiger charge is -2.32. The van der Waals surface area contributed by atoms with Crippen LogP contribution in [-0.2, 0) is 15.0 Å². The molecule has 1 N–H and O–H groups in total. The zero-order valence-corrected chi connectivity index (χ0v) is 15.2. The minimum atomic E-state index is -3.49. The van der Waals surface area contributed by atoms with Crippen LogP contribution in [0.5, 0.6) is 5.75 Å². The molecule has 134 valence electrons. The van der Waals surface area contributed by atoms with Gasteiger partial charge in [0.1, 0.15) is 5.75 Å². The van der Waals surface area contributed by atoms with E-state index in [4.69, 9.17) is 4.74 Å². The normalized spacial score (nSPS) is 19.2. The van der Waals surface area contributed by atoms with Crippen LogP contribution in [0.25, 0.3) is 0 Å². The molecule has 8 heteroatoms. The van der Waals surface area contributed by atoms with Crippen molar-refractivity contribution in [2.75, 3.05) is 39.1 Å². The highest BCUT2D eigenvalue weighted by Gasteiger charge is 2.33. The SMILES string of the molecule is CCOc1ccccc1NC(=O)[C@H]1CCCN(S(=O)(=O)N(C)C)C1. The fourth-order valence-corrected chi connectivity index (χ4v) is 3.87. The van der Waals surface area contributed by atoms with Gasteiger partial charge in [0.05, 0.1) is 18.2 Å². The molecule has 1 saturated heterocycles. The molecule has 1 atom stereocenters. The Balaban J connectivity index is 2.08. The van der Waals surface area contributed by atoms with Crippen molar-refractivity contribution < 1.29 is 17.9 Å². The van der Waals surface area contributed by atoms with Crippen LogP contribution in [-0.4, -0.2) is 56.7 Å². The molecular weight excluding hydrogens is 330 g/mol. The number of rotatable bonds is 6. The number of anilines is 1. The summed E-state index contributed by atoms with van der Waals surface area (Å²) in [5.41, 5.74) is 0.608. The smallest absolute Gasteiger partial charge is 0.281 e. The maximum Gasteiger partial charge on any atom is 0.281 e. The molecule has 1 aromatic rings. The van der Waals surface area contributed by atoms with Crippen molar-refractivity contribution in [3.63, 3.8) is 0 Å². The number of benzene rings is 1. The Morgan fingerprint density at radius 2 is 2.08 bits per heavy atom. The molecule has 0 bridgehead atoms. The minimum Gasteiger partial charge on any atom is -0.492 e. The van der Waals surface area contributed by atoms with E-state index >= 15 is 0 Å². The van der Waals surface area contributed by atoms with Crippen molar-refractivity contribution in [1.82, 2.24) is 8.61 Å². The molecule has 7 nitrogen and oxygen atoms in total. The first-order chi connectivity index (χ1) is 11.4. The summed E-state index contributed by atoms with van der Waals surface area (Å²) < 4.78 is 32.6. The maximum absolute atomic E-state index is 12.6. The Morgan fingerprint density at radius 3 is 2.75 bits per heavy atom. The molecule has 1 fully saturated rings. The highest BCUT2D eigenvalue weighted by atomic mass is 32.2. The van der Waals surface area contributed by atoms with Crippen molar-refractivity contribution in [3.05, 3.63) is 24.3 Å². The van der Waals surface area contributed by atoms with Crippen molar-refractivity contribution in [2.24, 2.45) is 5.92 Å². The van der Waals surface area contributed by atoms with E-state index in [-0.39, 0.29) is 18.4 Å². The number of hydrogen-bond acceptors (Lipinski definition) is 4. The van der Waals surface area contributed by atoms with Crippen LogP contribution in [0.3, 0.4) is 0 Å². The zero-order valence-electron chi connectivity index (χ0n) is 14.4. The number of amides is 1. The number of hydrogen-bond donors (Lipinski definition) is 1. The van der Waals surface area contributed by atoms with Gasteiger partial charge >= 0.3 is 0 Å². The quantitative estimate of drug-likeness (QED) is 0.840. The Morgan fingerprint density at radius 1 is 1.38 bits per heavy atom. The van der Waals surface area contributed by atoms with Crippen LogP contribution in [0.2, 0.25) is 0 Å². The predicted octanol–water partition coefficient (Wildman–Crippen LogP) is 1.54. The Kier molecular flexibility index (Phi) is 6.20. The lowest BCUT2D eigenvalue weighted by Crippen LogP contribution is -2.47. The molecule has 0 saturated carbocycles. The van der Waals surface area contributed by atoms with Gasteiger partial charge in [-0.05, 0) is 31.9 Å².